The highest BCUT2D eigenvalue weighted by atomic mass is 15.2. The fraction of sp³-hybridized carbons (Fsp3) is 1.00. The lowest BCUT2D eigenvalue weighted by Gasteiger charge is -2.48. The highest BCUT2D eigenvalue weighted by molar-refractivity contribution is 4.97. The zero-order chi connectivity index (χ0) is 14.8. The molecule has 2 heteroatoms. The van der Waals surface area contributed by atoms with Crippen LogP contribution in [0.2, 0.25) is 0 Å². The Morgan fingerprint density at radius 2 is 1.70 bits per heavy atom. The molecule has 1 aliphatic heterocycles. The van der Waals surface area contributed by atoms with E-state index in [1.165, 1.54) is 77.4 Å². The van der Waals surface area contributed by atoms with E-state index in [4.69, 9.17) is 0 Å². The van der Waals surface area contributed by atoms with Gasteiger partial charge in [0.1, 0.15) is 0 Å². The van der Waals surface area contributed by atoms with E-state index in [2.05, 4.69) is 37.9 Å². The van der Waals surface area contributed by atoms with E-state index in [0.717, 1.165) is 0 Å². The zero-order valence-corrected chi connectivity index (χ0v) is 14.5. The predicted octanol–water partition coefficient (Wildman–Crippen LogP) is 4.59. The number of nitrogens with one attached hydrogen (secondary N) is 1. The largest absolute Gasteiger partial charge is 0.312 e. The van der Waals surface area contributed by atoms with Gasteiger partial charge in [0.25, 0.3) is 0 Å². The van der Waals surface area contributed by atoms with Crippen molar-refractivity contribution in [2.75, 3.05) is 19.6 Å². The molecule has 1 heterocycles. The Bertz CT molecular complexity index is 236. The molecule has 0 amide bonds. The van der Waals surface area contributed by atoms with E-state index < -0.39 is 0 Å². The molecule has 120 valence electrons. The summed E-state index contributed by atoms with van der Waals surface area (Å²) in [6.07, 6.45) is 12.1. The highest BCUT2D eigenvalue weighted by Gasteiger charge is 2.37. The summed E-state index contributed by atoms with van der Waals surface area (Å²) >= 11 is 0. The van der Waals surface area contributed by atoms with Gasteiger partial charge in [-0.05, 0) is 58.7 Å². The van der Waals surface area contributed by atoms with Crippen molar-refractivity contribution in [2.45, 2.75) is 97.1 Å². The standard InChI is InChI=1S/C18H38N2/c1-5-8-10-13-17(19-14-6-2)18(4,7-3)20-15-11-9-12-16-20/h17,19H,5-16H2,1-4H3. The fourth-order valence-corrected chi connectivity index (χ4v) is 3.65. The summed E-state index contributed by atoms with van der Waals surface area (Å²) in [6.45, 7) is 13.3. The molecule has 0 spiro atoms. The third-order valence-corrected chi connectivity index (χ3v) is 5.28. The average molecular weight is 283 g/mol. The van der Waals surface area contributed by atoms with Crippen LogP contribution in [0.15, 0.2) is 0 Å². The molecule has 2 atom stereocenters. The third kappa shape index (κ3) is 5.04. The maximum atomic E-state index is 3.88. The molecule has 0 bridgehead atoms. The van der Waals surface area contributed by atoms with Gasteiger partial charge in [0.05, 0.1) is 0 Å². The van der Waals surface area contributed by atoms with E-state index in [1.54, 1.807) is 0 Å². The normalized spacial score (nSPS) is 21.6. The number of hydrogen-bond donors (Lipinski definition) is 1. The lowest BCUT2D eigenvalue weighted by atomic mass is 9.82. The van der Waals surface area contributed by atoms with Crippen LogP contribution in [-0.2, 0) is 0 Å². The van der Waals surface area contributed by atoms with Crippen LogP contribution in [0.3, 0.4) is 0 Å². The van der Waals surface area contributed by atoms with Crippen LogP contribution in [0, 0.1) is 0 Å². The second kappa shape index (κ2) is 9.78. The van der Waals surface area contributed by atoms with Gasteiger partial charge in [-0.2, -0.15) is 0 Å². The Morgan fingerprint density at radius 1 is 1.00 bits per heavy atom. The molecule has 1 fully saturated rings. The molecule has 0 saturated carbocycles. The predicted molar refractivity (Wildman–Crippen MR) is 90.3 cm³/mol. The maximum absolute atomic E-state index is 3.88. The van der Waals surface area contributed by atoms with Crippen molar-refractivity contribution in [3.05, 3.63) is 0 Å². The second-order valence-corrected chi connectivity index (χ2v) is 6.76. The minimum Gasteiger partial charge on any atom is -0.312 e. The molecule has 0 aromatic heterocycles. The molecule has 1 aliphatic rings. The van der Waals surface area contributed by atoms with Gasteiger partial charge in [-0.15, -0.1) is 0 Å². The van der Waals surface area contributed by atoms with Crippen LogP contribution in [0.1, 0.15) is 85.5 Å². The summed E-state index contributed by atoms with van der Waals surface area (Å²) in [4.78, 5) is 2.79. The quantitative estimate of drug-likeness (QED) is 0.590. The van der Waals surface area contributed by atoms with Gasteiger partial charge in [-0.1, -0.05) is 46.5 Å². The van der Waals surface area contributed by atoms with Crippen molar-refractivity contribution in [1.82, 2.24) is 10.2 Å². The SMILES string of the molecule is CCCCCC(NCCC)C(C)(CC)N1CCCCC1. The molecule has 2 unspecified atom stereocenters. The van der Waals surface area contributed by atoms with Gasteiger partial charge in [-0.25, -0.2) is 0 Å². The number of likely N-dealkylation sites (tertiary alicyclic amines) is 1. The summed E-state index contributed by atoms with van der Waals surface area (Å²) in [6, 6.07) is 0.664. The molecule has 0 radical (unpaired) electrons. The van der Waals surface area contributed by atoms with Crippen LogP contribution in [0.25, 0.3) is 0 Å². The Labute approximate surface area is 127 Å². The molecular weight excluding hydrogens is 244 g/mol. The number of nitrogens with zero attached hydrogens (tertiary/aromatic N) is 1. The molecule has 1 saturated heterocycles. The molecule has 20 heavy (non-hydrogen) atoms. The summed E-state index contributed by atoms with van der Waals surface area (Å²) in [7, 11) is 0. The van der Waals surface area contributed by atoms with Gasteiger partial charge in [0.2, 0.25) is 0 Å². The van der Waals surface area contributed by atoms with E-state index in [-0.39, 0.29) is 0 Å². The summed E-state index contributed by atoms with van der Waals surface area (Å²) in [5, 5.41) is 3.88. The van der Waals surface area contributed by atoms with Crippen LogP contribution < -0.4 is 5.32 Å². The topological polar surface area (TPSA) is 15.3 Å². The first-order chi connectivity index (χ1) is 9.69. The van der Waals surface area contributed by atoms with Gasteiger partial charge in [0, 0.05) is 11.6 Å². The van der Waals surface area contributed by atoms with Crippen molar-refractivity contribution < 1.29 is 0 Å². The van der Waals surface area contributed by atoms with Gasteiger partial charge in [0.15, 0.2) is 0 Å². The van der Waals surface area contributed by atoms with Crippen molar-refractivity contribution in [3.8, 4) is 0 Å². The first-order valence-electron chi connectivity index (χ1n) is 9.17. The van der Waals surface area contributed by atoms with Crippen molar-refractivity contribution in [3.63, 3.8) is 0 Å². The number of unbranched alkanes of at least 4 members (excludes halogenated alkanes) is 2. The molecule has 0 aromatic rings. The Morgan fingerprint density at radius 3 is 2.25 bits per heavy atom. The summed E-state index contributed by atoms with van der Waals surface area (Å²) < 4.78 is 0. The van der Waals surface area contributed by atoms with E-state index in [9.17, 15) is 0 Å². The molecule has 1 N–H and O–H groups in total. The van der Waals surface area contributed by atoms with Crippen LogP contribution in [0.4, 0.5) is 0 Å². The summed E-state index contributed by atoms with van der Waals surface area (Å²) in [5.41, 5.74) is 0.351. The molecule has 1 rings (SSSR count). The van der Waals surface area contributed by atoms with Crippen LogP contribution in [0.5, 0.6) is 0 Å². The third-order valence-electron chi connectivity index (χ3n) is 5.28. The van der Waals surface area contributed by atoms with E-state index >= 15 is 0 Å². The molecular formula is C18H38N2. The minimum absolute atomic E-state index is 0.351. The van der Waals surface area contributed by atoms with E-state index in [0.29, 0.717) is 11.6 Å². The van der Waals surface area contributed by atoms with Gasteiger partial charge in [-0.3, -0.25) is 4.90 Å². The monoisotopic (exact) mass is 282 g/mol. The average Bonchev–Trinajstić information content (AvgIpc) is 2.51. The molecule has 0 aliphatic carbocycles. The lowest BCUT2D eigenvalue weighted by molar-refractivity contribution is 0.0394. The van der Waals surface area contributed by atoms with E-state index in [1.807, 2.05) is 0 Å². The maximum Gasteiger partial charge on any atom is 0.0331 e. The minimum atomic E-state index is 0.351. The molecule has 0 aromatic carbocycles. The first-order valence-corrected chi connectivity index (χ1v) is 9.17. The number of hydrogen-bond acceptors (Lipinski definition) is 2. The fourth-order valence-electron chi connectivity index (χ4n) is 3.65. The van der Waals surface area contributed by atoms with Gasteiger partial charge >= 0.3 is 0 Å². The van der Waals surface area contributed by atoms with Crippen LogP contribution >= 0.6 is 0 Å². The first kappa shape index (κ1) is 18.0. The van der Waals surface area contributed by atoms with Crippen molar-refractivity contribution in [1.29, 1.82) is 0 Å². The lowest BCUT2D eigenvalue weighted by Crippen LogP contribution is -2.60. The Balaban J connectivity index is 2.69. The van der Waals surface area contributed by atoms with Gasteiger partial charge < -0.3 is 5.32 Å². The van der Waals surface area contributed by atoms with Crippen molar-refractivity contribution in [2.24, 2.45) is 0 Å². The smallest absolute Gasteiger partial charge is 0.0331 e. The zero-order valence-electron chi connectivity index (χ0n) is 14.5. The Kier molecular flexibility index (Phi) is 8.79. The van der Waals surface area contributed by atoms with Crippen LogP contribution in [-0.4, -0.2) is 36.1 Å². The van der Waals surface area contributed by atoms with Crippen molar-refractivity contribution >= 4 is 0 Å². The second-order valence-electron chi connectivity index (χ2n) is 6.76. The summed E-state index contributed by atoms with van der Waals surface area (Å²) in [5.74, 6) is 0. The Hall–Kier alpha value is -0.0800. The molecule has 2 nitrogen and oxygen atoms in total. The highest BCUT2D eigenvalue weighted by Crippen LogP contribution is 2.30. The number of piperidine rings is 1. The number of rotatable bonds is 10.